The zero-order chi connectivity index (χ0) is 11.9. The monoisotopic (exact) mass is 227 g/mol. The van der Waals surface area contributed by atoms with Gasteiger partial charge in [0.25, 0.3) is 0 Å². The van der Waals surface area contributed by atoms with Crippen LogP contribution in [0.25, 0.3) is 0 Å². The van der Waals surface area contributed by atoms with Crippen LogP contribution in [0, 0.1) is 11.8 Å². The average molecular weight is 227 g/mol. The van der Waals surface area contributed by atoms with E-state index in [-0.39, 0.29) is 0 Å². The van der Waals surface area contributed by atoms with Crippen LogP contribution in [0.3, 0.4) is 0 Å². The van der Waals surface area contributed by atoms with Gasteiger partial charge in [-0.25, -0.2) is 0 Å². The van der Waals surface area contributed by atoms with Crippen LogP contribution in [-0.4, -0.2) is 7.28 Å². The topological polar surface area (TPSA) is 0 Å². The van der Waals surface area contributed by atoms with Gasteiger partial charge < -0.3 is 0 Å². The number of fused-ring (bicyclic) bond motifs is 2. The summed E-state index contributed by atoms with van der Waals surface area (Å²) >= 11 is 0. The molecule has 4 aliphatic rings. The predicted octanol–water partition coefficient (Wildman–Crippen LogP) is 4.77. The average Bonchev–Trinajstić information content (AvgIpc) is 2.37. The van der Waals surface area contributed by atoms with Crippen molar-refractivity contribution in [3.05, 3.63) is 24.3 Å². The Labute approximate surface area is 107 Å². The van der Waals surface area contributed by atoms with Crippen molar-refractivity contribution >= 4 is 7.28 Å². The highest BCUT2D eigenvalue weighted by molar-refractivity contribution is 6.48. The van der Waals surface area contributed by atoms with Gasteiger partial charge in [-0.05, 0) is 24.7 Å². The normalized spacial score (nSPS) is 48.1. The lowest BCUT2D eigenvalue weighted by atomic mass is 9.23. The van der Waals surface area contributed by atoms with Gasteiger partial charge in [-0.2, -0.15) is 0 Å². The Morgan fingerprint density at radius 3 is 2.65 bits per heavy atom. The molecule has 0 aromatic heterocycles. The van der Waals surface area contributed by atoms with Gasteiger partial charge in [0.05, 0.1) is 0 Å². The number of allylic oxidation sites excluding steroid dienone is 4. The molecule has 1 heteroatoms. The quantitative estimate of drug-likeness (QED) is 0.566. The zero-order valence-electron chi connectivity index (χ0n) is 11.3. The van der Waals surface area contributed by atoms with Crippen LogP contribution in [0.5, 0.6) is 0 Å². The molecule has 1 radical (unpaired) electrons. The molecule has 4 unspecified atom stereocenters. The minimum Gasteiger partial charge on any atom is -0.0809 e. The second-order valence-corrected chi connectivity index (χ2v) is 6.88. The Morgan fingerprint density at radius 1 is 1.24 bits per heavy atom. The van der Waals surface area contributed by atoms with Crippen molar-refractivity contribution in [2.24, 2.45) is 11.8 Å². The Morgan fingerprint density at radius 2 is 1.94 bits per heavy atom. The smallest absolute Gasteiger partial charge is 0.0809 e. The first-order chi connectivity index (χ1) is 8.15. The fraction of sp³-hybridized carbons (Fsp3) is 0.750. The summed E-state index contributed by atoms with van der Waals surface area (Å²) in [6.07, 6.45) is 17.8. The van der Waals surface area contributed by atoms with Gasteiger partial charge in [0.1, 0.15) is 7.28 Å². The predicted molar refractivity (Wildman–Crippen MR) is 75.5 cm³/mol. The minimum absolute atomic E-state index is 0.527. The molecule has 2 bridgehead atoms. The van der Waals surface area contributed by atoms with Gasteiger partial charge in [0, 0.05) is 0 Å². The minimum atomic E-state index is 0.527. The molecule has 4 atom stereocenters. The Hall–Kier alpha value is -0.455. The van der Waals surface area contributed by atoms with Crippen molar-refractivity contribution in [3.8, 4) is 0 Å². The standard InChI is InChI=1S/C16H24B/c1-3-16-10-6-9-13-7-4-5-8-14(13)11-15(2,12-16)17-16/h4-5,7-8,13-14H,3,6,9-12H2,1-2H3. The van der Waals surface area contributed by atoms with E-state index < -0.39 is 0 Å². The van der Waals surface area contributed by atoms with Gasteiger partial charge in [0.2, 0.25) is 0 Å². The molecule has 2 heterocycles. The molecule has 0 spiro atoms. The molecule has 17 heavy (non-hydrogen) atoms. The number of hydrogen-bond acceptors (Lipinski definition) is 0. The van der Waals surface area contributed by atoms with E-state index >= 15 is 0 Å². The van der Waals surface area contributed by atoms with Crippen molar-refractivity contribution in [2.45, 2.75) is 63.0 Å². The Kier molecular flexibility index (Phi) is 2.76. The van der Waals surface area contributed by atoms with E-state index in [4.69, 9.17) is 0 Å². The summed E-state index contributed by atoms with van der Waals surface area (Å²) in [7, 11) is 2.72. The first-order valence-corrected chi connectivity index (χ1v) is 7.37. The molecular weight excluding hydrogens is 203 g/mol. The van der Waals surface area contributed by atoms with Crippen molar-refractivity contribution in [1.29, 1.82) is 0 Å². The lowest BCUT2D eigenvalue weighted by Crippen LogP contribution is -2.44. The number of rotatable bonds is 1. The summed E-state index contributed by atoms with van der Waals surface area (Å²) in [5.74, 6) is 1.62. The molecule has 3 fully saturated rings. The molecule has 2 aliphatic heterocycles. The Balaban J connectivity index is 1.80. The summed E-state index contributed by atoms with van der Waals surface area (Å²) in [6, 6.07) is 0. The molecule has 0 amide bonds. The van der Waals surface area contributed by atoms with Crippen molar-refractivity contribution in [1.82, 2.24) is 0 Å². The largest absolute Gasteiger partial charge is 0.125 e. The lowest BCUT2D eigenvalue weighted by molar-refractivity contribution is 0.285. The summed E-state index contributed by atoms with van der Waals surface area (Å²) < 4.78 is 0. The van der Waals surface area contributed by atoms with E-state index in [1.807, 2.05) is 0 Å². The highest BCUT2D eigenvalue weighted by atomic mass is 14.5. The van der Waals surface area contributed by atoms with Crippen LogP contribution in [0.1, 0.15) is 52.4 Å². The maximum Gasteiger partial charge on any atom is 0.125 e. The van der Waals surface area contributed by atoms with Crippen LogP contribution in [-0.2, 0) is 0 Å². The molecule has 91 valence electrons. The summed E-state index contributed by atoms with van der Waals surface area (Å²) in [6.45, 7) is 4.86. The van der Waals surface area contributed by atoms with Gasteiger partial charge in [-0.3, -0.25) is 0 Å². The summed E-state index contributed by atoms with van der Waals surface area (Å²) in [4.78, 5) is 0. The van der Waals surface area contributed by atoms with E-state index in [1.54, 1.807) is 0 Å². The summed E-state index contributed by atoms with van der Waals surface area (Å²) in [5.41, 5.74) is 0. The molecule has 2 saturated heterocycles. The number of hydrogen-bond donors (Lipinski definition) is 0. The van der Waals surface area contributed by atoms with Gasteiger partial charge >= 0.3 is 0 Å². The van der Waals surface area contributed by atoms with Crippen LogP contribution in [0.15, 0.2) is 24.3 Å². The second-order valence-electron chi connectivity index (χ2n) is 6.88. The first kappa shape index (κ1) is 11.6. The second kappa shape index (κ2) is 4.04. The fourth-order valence-corrected chi connectivity index (χ4v) is 4.67. The molecule has 4 rings (SSSR count). The maximum absolute atomic E-state index is 2.72. The van der Waals surface area contributed by atoms with Crippen molar-refractivity contribution in [2.75, 3.05) is 0 Å². The van der Waals surface area contributed by atoms with Crippen LogP contribution in [0.4, 0.5) is 0 Å². The van der Waals surface area contributed by atoms with Crippen molar-refractivity contribution in [3.63, 3.8) is 0 Å². The fourth-order valence-electron chi connectivity index (χ4n) is 4.67. The van der Waals surface area contributed by atoms with Gasteiger partial charge in [-0.1, -0.05) is 74.5 Å². The van der Waals surface area contributed by atoms with E-state index in [2.05, 4.69) is 45.4 Å². The van der Waals surface area contributed by atoms with Gasteiger partial charge in [0.15, 0.2) is 0 Å². The highest BCUT2D eigenvalue weighted by Gasteiger charge is 2.52. The summed E-state index contributed by atoms with van der Waals surface area (Å²) in [5, 5.41) is 1.13. The highest BCUT2D eigenvalue weighted by Crippen LogP contribution is 2.66. The van der Waals surface area contributed by atoms with E-state index in [1.165, 1.54) is 38.5 Å². The zero-order valence-corrected chi connectivity index (χ0v) is 11.3. The third-order valence-corrected chi connectivity index (χ3v) is 5.41. The van der Waals surface area contributed by atoms with Gasteiger partial charge in [-0.15, -0.1) is 0 Å². The molecule has 0 nitrogen and oxygen atoms in total. The molecule has 2 aliphatic carbocycles. The molecule has 0 aromatic carbocycles. The lowest BCUT2D eigenvalue weighted by Gasteiger charge is -2.55. The van der Waals surface area contributed by atoms with Crippen LogP contribution in [0.2, 0.25) is 10.6 Å². The van der Waals surface area contributed by atoms with E-state index in [0.29, 0.717) is 10.6 Å². The third-order valence-electron chi connectivity index (χ3n) is 5.41. The molecule has 1 saturated carbocycles. The SMILES string of the molecule is CCC12[B]C(C)(CC3C=CC=CC3CCC1)C2. The van der Waals surface area contributed by atoms with Crippen molar-refractivity contribution < 1.29 is 0 Å². The Bertz CT molecular complexity index is 347. The molecular formula is C16H24B. The first-order valence-electron chi connectivity index (χ1n) is 7.37. The van der Waals surface area contributed by atoms with Crippen LogP contribution >= 0.6 is 0 Å². The van der Waals surface area contributed by atoms with Crippen LogP contribution < -0.4 is 0 Å². The van der Waals surface area contributed by atoms with E-state index in [0.717, 1.165) is 11.8 Å². The maximum atomic E-state index is 2.72. The third kappa shape index (κ3) is 2.02. The molecule has 0 N–H and O–H groups in total. The molecule has 0 aromatic rings. The van der Waals surface area contributed by atoms with E-state index in [9.17, 15) is 0 Å².